The van der Waals surface area contributed by atoms with Crippen LogP contribution in [0.1, 0.15) is 5.56 Å². The van der Waals surface area contributed by atoms with Gasteiger partial charge in [0, 0.05) is 10.8 Å². The van der Waals surface area contributed by atoms with E-state index < -0.39 is 6.03 Å². The lowest BCUT2D eigenvalue weighted by Crippen LogP contribution is -2.23. The van der Waals surface area contributed by atoms with Gasteiger partial charge < -0.3 is 5.73 Å². The molecule has 1 aromatic carbocycles. The van der Waals surface area contributed by atoms with Gasteiger partial charge in [0.25, 0.3) is 0 Å². The van der Waals surface area contributed by atoms with Crippen LogP contribution in [0.3, 0.4) is 0 Å². The monoisotopic (exact) mass is 230 g/mol. The molecule has 0 unspecified atom stereocenters. The van der Waals surface area contributed by atoms with E-state index in [1.807, 2.05) is 24.3 Å². The Hall–Kier alpha value is -0.870. The molecule has 0 aliphatic carbocycles. The Morgan fingerprint density at radius 3 is 2.64 bits per heavy atom. The summed E-state index contributed by atoms with van der Waals surface area (Å²) in [5, 5.41) is 0.733. The Morgan fingerprint density at radius 2 is 2.07 bits per heavy atom. The number of amides is 2. The highest BCUT2D eigenvalue weighted by molar-refractivity contribution is 7.97. The number of carbonyl (C=O) groups excluding carboxylic acids is 1. The third kappa shape index (κ3) is 4.39. The van der Waals surface area contributed by atoms with Gasteiger partial charge in [-0.25, -0.2) is 4.79 Å². The van der Waals surface area contributed by atoms with Crippen molar-refractivity contribution in [3.8, 4) is 0 Å². The molecule has 0 atom stereocenters. The Labute approximate surface area is 92.1 Å². The molecule has 0 heterocycles. The lowest BCUT2D eigenvalue weighted by molar-refractivity contribution is 0.254. The Kier molecular flexibility index (Phi) is 4.62. The Morgan fingerprint density at radius 1 is 1.43 bits per heavy atom. The van der Waals surface area contributed by atoms with Crippen LogP contribution in [0.2, 0.25) is 5.02 Å². The van der Waals surface area contributed by atoms with Gasteiger partial charge in [0.2, 0.25) is 0 Å². The summed E-state index contributed by atoms with van der Waals surface area (Å²) in [4.78, 5) is 10.3. The van der Waals surface area contributed by atoms with Crippen LogP contribution in [0.15, 0.2) is 24.3 Å². The first-order valence-corrected chi connectivity index (χ1v) is 5.46. The second-order valence-electron chi connectivity index (χ2n) is 2.69. The number of rotatable bonds is 4. The van der Waals surface area contributed by atoms with Gasteiger partial charge in [0.15, 0.2) is 0 Å². The maximum atomic E-state index is 10.3. The number of benzene rings is 1. The molecule has 2 amide bonds. The number of carbonyl (C=O) groups is 1. The maximum Gasteiger partial charge on any atom is 0.322 e. The van der Waals surface area contributed by atoms with E-state index in [0.29, 0.717) is 0 Å². The second-order valence-corrected chi connectivity index (χ2v) is 4.03. The summed E-state index contributed by atoms with van der Waals surface area (Å²) in [7, 11) is 0. The summed E-state index contributed by atoms with van der Waals surface area (Å²) in [6, 6.07) is 7.12. The molecule has 3 nitrogen and oxygen atoms in total. The Bertz CT molecular complexity index is 302. The number of hydrogen-bond acceptors (Lipinski definition) is 2. The molecule has 0 aliphatic rings. The van der Waals surface area contributed by atoms with E-state index in [-0.39, 0.29) is 0 Å². The van der Waals surface area contributed by atoms with E-state index in [4.69, 9.17) is 17.3 Å². The molecule has 1 aromatic rings. The van der Waals surface area contributed by atoms with Crippen LogP contribution >= 0.6 is 23.5 Å². The standard InChI is InChI=1S/C9H11ClN2OS/c10-8-3-1-7(2-4-8)5-6-14-12-9(11)13/h1-4H,5-6H2,(H3,11,12,13). The van der Waals surface area contributed by atoms with Crippen LogP contribution in [0.5, 0.6) is 0 Å². The highest BCUT2D eigenvalue weighted by Crippen LogP contribution is 2.11. The number of nitrogens with two attached hydrogens (primary N) is 1. The normalized spacial score (nSPS) is 9.79. The van der Waals surface area contributed by atoms with Gasteiger partial charge in [-0.05, 0) is 36.1 Å². The van der Waals surface area contributed by atoms with Crippen LogP contribution in [-0.2, 0) is 6.42 Å². The molecule has 0 saturated carbocycles. The second kappa shape index (κ2) is 5.78. The van der Waals surface area contributed by atoms with Gasteiger partial charge in [-0.1, -0.05) is 23.7 Å². The molecule has 0 spiro atoms. The third-order valence-electron chi connectivity index (χ3n) is 1.58. The van der Waals surface area contributed by atoms with Crippen molar-refractivity contribution in [1.29, 1.82) is 0 Å². The van der Waals surface area contributed by atoms with Crippen molar-refractivity contribution < 1.29 is 4.79 Å². The van der Waals surface area contributed by atoms with Gasteiger partial charge >= 0.3 is 6.03 Å². The molecule has 3 N–H and O–H groups in total. The zero-order valence-corrected chi connectivity index (χ0v) is 9.07. The van der Waals surface area contributed by atoms with E-state index in [0.717, 1.165) is 17.2 Å². The van der Waals surface area contributed by atoms with Crippen molar-refractivity contribution in [3.63, 3.8) is 0 Å². The predicted octanol–water partition coefficient (Wildman–Crippen LogP) is 2.20. The number of urea groups is 1. The zero-order valence-electron chi connectivity index (χ0n) is 7.50. The highest BCUT2D eigenvalue weighted by atomic mass is 35.5. The fourth-order valence-electron chi connectivity index (χ4n) is 0.942. The lowest BCUT2D eigenvalue weighted by atomic mass is 10.2. The summed E-state index contributed by atoms with van der Waals surface area (Å²) < 4.78 is 2.46. The third-order valence-corrected chi connectivity index (χ3v) is 2.58. The first-order valence-electron chi connectivity index (χ1n) is 4.10. The summed E-state index contributed by atoms with van der Waals surface area (Å²) in [6.07, 6.45) is 0.877. The zero-order chi connectivity index (χ0) is 10.4. The van der Waals surface area contributed by atoms with Gasteiger partial charge in [-0.3, -0.25) is 4.72 Å². The number of hydrogen-bond donors (Lipinski definition) is 2. The van der Waals surface area contributed by atoms with Crippen molar-refractivity contribution in [2.45, 2.75) is 6.42 Å². The molecule has 0 bridgehead atoms. The van der Waals surface area contributed by atoms with Crippen molar-refractivity contribution in [3.05, 3.63) is 34.9 Å². The van der Waals surface area contributed by atoms with Gasteiger partial charge in [-0.15, -0.1) is 0 Å². The molecule has 14 heavy (non-hydrogen) atoms. The van der Waals surface area contributed by atoms with Crippen LogP contribution in [0.4, 0.5) is 4.79 Å². The summed E-state index contributed by atoms with van der Waals surface area (Å²) >= 11 is 7.04. The van der Waals surface area contributed by atoms with Gasteiger partial charge in [0.05, 0.1) is 0 Å². The Balaban J connectivity index is 2.25. The molecule has 0 radical (unpaired) electrons. The van der Waals surface area contributed by atoms with E-state index in [1.54, 1.807) is 0 Å². The smallest absolute Gasteiger partial charge is 0.322 e. The summed E-state index contributed by atoms with van der Waals surface area (Å²) in [5.74, 6) is 0.796. The molecule has 76 valence electrons. The first kappa shape index (κ1) is 11.2. The van der Waals surface area contributed by atoms with Crippen LogP contribution in [0, 0.1) is 0 Å². The molecule has 5 heteroatoms. The van der Waals surface area contributed by atoms with Crippen molar-refractivity contribution in [1.82, 2.24) is 4.72 Å². The molecule has 1 rings (SSSR count). The minimum atomic E-state index is -0.508. The van der Waals surface area contributed by atoms with Crippen LogP contribution in [-0.4, -0.2) is 11.8 Å². The van der Waals surface area contributed by atoms with Gasteiger partial charge in [-0.2, -0.15) is 0 Å². The predicted molar refractivity (Wildman–Crippen MR) is 60.3 cm³/mol. The van der Waals surface area contributed by atoms with Crippen molar-refractivity contribution in [2.24, 2.45) is 5.73 Å². The largest absolute Gasteiger partial charge is 0.351 e. The van der Waals surface area contributed by atoms with E-state index >= 15 is 0 Å². The molecular formula is C9H11ClN2OS. The number of nitrogens with one attached hydrogen (secondary N) is 1. The SMILES string of the molecule is NC(=O)NSCCc1ccc(Cl)cc1. The van der Waals surface area contributed by atoms with E-state index in [9.17, 15) is 4.79 Å². The van der Waals surface area contributed by atoms with Crippen molar-refractivity contribution in [2.75, 3.05) is 5.75 Å². The molecule has 0 aromatic heterocycles. The molecule has 0 fully saturated rings. The van der Waals surface area contributed by atoms with E-state index in [2.05, 4.69) is 4.72 Å². The van der Waals surface area contributed by atoms with Crippen molar-refractivity contribution >= 4 is 29.6 Å². The molecule has 0 saturated heterocycles. The fourth-order valence-corrected chi connectivity index (χ4v) is 1.65. The van der Waals surface area contributed by atoms with Crippen LogP contribution < -0.4 is 10.5 Å². The summed E-state index contributed by atoms with van der Waals surface area (Å²) in [6.45, 7) is 0. The van der Waals surface area contributed by atoms with Crippen LogP contribution in [0.25, 0.3) is 0 Å². The number of aryl methyl sites for hydroxylation is 1. The number of halogens is 1. The van der Waals surface area contributed by atoms with Gasteiger partial charge in [0.1, 0.15) is 0 Å². The summed E-state index contributed by atoms with van der Waals surface area (Å²) in [5.41, 5.74) is 6.09. The quantitative estimate of drug-likeness (QED) is 0.616. The first-order chi connectivity index (χ1) is 6.68. The van der Waals surface area contributed by atoms with E-state index in [1.165, 1.54) is 17.5 Å². The average Bonchev–Trinajstić information content (AvgIpc) is 2.15. The minimum Gasteiger partial charge on any atom is -0.351 e. The molecular weight excluding hydrogens is 220 g/mol. The lowest BCUT2D eigenvalue weighted by Gasteiger charge is -2.01. The number of primary amides is 1. The molecule has 0 aliphatic heterocycles. The highest BCUT2D eigenvalue weighted by Gasteiger charge is 1.95. The fraction of sp³-hybridized carbons (Fsp3) is 0.222. The maximum absolute atomic E-state index is 10.3. The minimum absolute atomic E-state index is 0.508. The average molecular weight is 231 g/mol. The topological polar surface area (TPSA) is 55.1 Å².